The van der Waals surface area contributed by atoms with E-state index in [1.807, 2.05) is 6.07 Å². The lowest BCUT2D eigenvalue weighted by Crippen LogP contribution is -1.99. The molecular formula is C31H24N2O. The Kier molecular flexibility index (Phi) is 4.04. The van der Waals surface area contributed by atoms with Crippen molar-refractivity contribution in [1.29, 1.82) is 0 Å². The van der Waals surface area contributed by atoms with Gasteiger partial charge in [0.2, 0.25) is 0 Å². The molecule has 6 aromatic rings. The summed E-state index contributed by atoms with van der Waals surface area (Å²) in [5.74, 6) is 1.46. The molecule has 0 saturated carbocycles. The molecule has 0 bridgehead atoms. The first kappa shape index (κ1) is 19.2. The summed E-state index contributed by atoms with van der Waals surface area (Å²) in [7, 11) is 0. The van der Waals surface area contributed by atoms with Crippen molar-refractivity contribution < 1.29 is 4.42 Å². The second-order valence-electron chi connectivity index (χ2n) is 9.25. The molecule has 0 radical (unpaired) electrons. The van der Waals surface area contributed by atoms with E-state index in [9.17, 15) is 0 Å². The number of hydrogen-bond acceptors (Lipinski definition) is 2. The van der Waals surface area contributed by atoms with Gasteiger partial charge in [-0.05, 0) is 30.7 Å². The Labute approximate surface area is 197 Å². The molecule has 1 unspecified atom stereocenters. The van der Waals surface area contributed by atoms with Crippen LogP contribution >= 0.6 is 0 Å². The molecule has 0 saturated heterocycles. The molecule has 0 spiro atoms. The number of benzene rings is 4. The first-order valence-electron chi connectivity index (χ1n) is 11.8. The van der Waals surface area contributed by atoms with Crippen molar-refractivity contribution in [2.45, 2.75) is 19.3 Å². The highest BCUT2D eigenvalue weighted by Crippen LogP contribution is 2.43. The van der Waals surface area contributed by atoms with Crippen LogP contribution in [0.25, 0.3) is 55.7 Å². The molecule has 2 N–H and O–H groups in total. The van der Waals surface area contributed by atoms with Crippen molar-refractivity contribution in [2.75, 3.05) is 5.73 Å². The molecular weight excluding hydrogens is 416 g/mol. The average molecular weight is 441 g/mol. The minimum Gasteiger partial charge on any atom is -0.459 e. The normalized spacial score (nSPS) is 15.4. The van der Waals surface area contributed by atoms with Gasteiger partial charge in [0.25, 0.3) is 0 Å². The highest BCUT2D eigenvalue weighted by Gasteiger charge is 2.23. The van der Waals surface area contributed by atoms with Crippen LogP contribution in [0.3, 0.4) is 0 Å². The van der Waals surface area contributed by atoms with Crippen molar-refractivity contribution in [3.8, 4) is 16.8 Å². The van der Waals surface area contributed by atoms with Gasteiger partial charge in [0.1, 0.15) is 11.3 Å². The lowest BCUT2D eigenvalue weighted by atomic mass is 9.93. The van der Waals surface area contributed by atoms with Crippen LogP contribution in [0.15, 0.2) is 95.4 Å². The third-order valence-electron chi connectivity index (χ3n) is 7.14. The van der Waals surface area contributed by atoms with E-state index in [0.29, 0.717) is 5.92 Å². The number of hydrogen-bond donors (Lipinski definition) is 1. The number of nitrogen functional groups attached to an aromatic ring is 1. The van der Waals surface area contributed by atoms with Crippen LogP contribution in [0.5, 0.6) is 0 Å². The predicted octanol–water partition coefficient (Wildman–Crippen LogP) is 8.30. The number of rotatable bonds is 2. The van der Waals surface area contributed by atoms with Crippen LogP contribution in [-0.2, 0) is 0 Å². The summed E-state index contributed by atoms with van der Waals surface area (Å²) < 4.78 is 8.91. The van der Waals surface area contributed by atoms with E-state index in [2.05, 4.69) is 103 Å². The topological polar surface area (TPSA) is 44.1 Å². The summed E-state index contributed by atoms with van der Waals surface area (Å²) >= 11 is 0. The lowest BCUT2D eigenvalue weighted by molar-refractivity contribution is 0.504. The Hall–Kier alpha value is -4.24. The van der Waals surface area contributed by atoms with E-state index in [1.165, 1.54) is 21.7 Å². The van der Waals surface area contributed by atoms with Crippen molar-refractivity contribution in [3.63, 3.8) is 0 Å². The van der Waals surface area contributed by atoms with E-state index >= 15 is 0 Å². The molecule has 1 aliphatic rings. The molecule has 2 aromatic heterocycles. The van der Waals surface area contributed by atoms with Gasteiger partial charge in [-0.3, -0.25) is 0 Å². The first-order valence-corrected chi connectivity index (χ1v) is 11.8. The molecule has 3 nitrogen and oxygen atoms in total. The number of para-hydroxylation sites is 3. The third kappa shape index (κ3) is 2.64. The molecule has 0 fully saturated rings. The van der Waals surface area contributed by atoms with E-state index < -0.39 is 0 Å². The van der Waals surface area contributed by atoms with Gasteiger partial charge in [0, 0.05) is 44.5 Å². The predicted molar refractivity (Wildman–Crippen MR) is 142 cm³/mol. The molecule has 3 heteroatoms. The van der Waals surface area contributed by atoms with Gasteiger partial charge in [-0.15, -0.1) is 0 Å². The molecule has 1 atom stereocenters. The van der Waals surface area contributed by atoms with Gasteiger partial charge in [-0.1, -0.05) is 79.7 Å². The Morgan fingerprint density at radius 3 is 2.26 bits per heavy atom. The second kappa shape index (κ2) is 7.13. The quantitative estimate of drug-likeness (QED) is 0.275. The fraction of sp³-hybridized carbons (Fsp3) is 0.0968. The Morgan fingerprint density at radius 2 is 1.50 bits per heavy atom. The van der Waals surface area contributed by atoms with Crippen molar-refractivity contribution >= 4 is 44.5 Å². The molecule has 7 rings (SSSR count). The second-order valence-corrected chi connectivity index (χ2v) is 9.25. The zero-order valence-electron chi connectivity index (χ0n) is 19.0. The number of fused-ring (bicyclic) bond motifs is 6. The summed E-state index contributed by atoms with van der Waals surface area (Å²) in [6, 6.07) is 29.8. The van der Waals surface area contributed by atoms with Gasteiger partial charge in [-0.2, -0.15) is 0 Å². The van der Waals surface area contributed by atoms with Crippen LogP contribution in [0.1, 0.15) is 30.6 Å². The van der Waals surface area contributed by atoms with Crippen LogP contribution < -0.4 is 5.73 Å². The van der Waals surface area contributed by atoms with Gasteiger partial charge in [0.05, 0.1) is 16.7 Å². The zero-order valence-corrected chi connectivity index (χ0v) is 19.0. The molecule has 4 aromatic carbocycles. The fourth-order valence-electron chi connectivity index (χ4n) is 5.55. The lowest BCUT2D eigenvalue weighted by Gasteiger charge is -2.15. The monoisotopic (exact) mass is 440 g/mol. The number of aromatic nitrogens is 1. The highest BCUT2D eigenvalue weighted by atomic mass is 16.3. The van der Waals surface area contributed by atoms with Crippen molar-refractivity contribution in [3.05, 3.63) is 102 Å². The minimum atomic E-state index is 0.378. The van der Waals surface area contributed by atoms with Gasteiger partial charge in [0.15, 0.2) is 0 Å². The molecule has 0 amide bonds. The summed E-state index contributed by atoms with van der Waals surface area (Å²) in [6.07, 6.45) is 5.47. The summed E-state index contributed by atoms with van der Waals surface area (Å²) in [6.45, 7) is 2.23. The fourth-order valence-corrected chi connectivity index (χ4v) is 5.55. The summed E-state index contributed by atoms with van der Waals surface area (Å²) in [4.78, 5) is 0. The smallest absolute Gasteiger partial charge is 0.142 e. The SMILES string of the molecule is CC1CC=Cc2c1oc1c(-c3ccc(N)cc3-n3c4ccccc4c4ccccc43)cccc21. The number of nitrogens with zero attached hydrogens (tertiary/aromatic N) is 1. The summed E-state index contributed by atoms with van der Waals surface area (Å²) in [5.41, 5.74) is 14.8. The number of anilines is 1. The molecule has 34 heavy (non-hydrogen) atoms. The Bertz CT molecular complexity index is 1710. The maximum Gasteiger partial charge on any atom is 0.142 e. The highest BCUT2D eigenvalue weighted by molar-refractivity contribution is 6.10. The molecule has 164 valence electrons. The number of furan rings is 1. The van der Waals surface area contributed by atoms with Gasteiger partial charge < -0.3 is 14.7 Å². The molecule has 1 aliphatic carbocycles. The minimum absolute atomic E-state index is 0.378. The third-order valence-corrected chi connectivity index (χ3v) is 7.14. The van der Waals surface area contributed by atoms with Crippen LogP contribution in [0.2, 0.25) is 0 Å². The Morgan fingerprint density at radius 1 is 0.794 bits per heavy atom. The van der Waals surface area contributed by atoms with Gasteiger partial charge in [-0.25, -0.2) is 0 Å². The van der Waals surface area contributed by atoms with E-state index in [1.54, 1.807) is 0 Å². The first-order chi connectivity index (χ1) is 16.7. The van der Waals surface area contributed by atoms with E-state index in [-0.39, 0.29) is 0 Å². The van der Waals surface area contributed by atoms with Crippen LogP contribution in [0.4, 0.5) is 5.69 Å². The maximum absolute atomic E-state index is 6.57. The van der Waals surface area contributed by atoms with E-state index in [4.69, 9.17) is 10.2 Å². The van der Waals surface area contributed by atoms with Crippen molar-refractivity contribution in [1.82, 2.24) is 4.57 Å². The largest absolute Gasteiger partial charge is 0.459 e. The average Bonchev–Trinajstić information content (AvgIpc) is 3.41. The van der Waals surface area contributed by atoms with E-state index in [0.717, 1.165) is 51.3 Å². The van der Waals surface area contributed by atoms with Gasteiger partial charge >= 0.3 is 0 Å². The van der Waals surface area contributed by atoms with Crippen LogP contribution in [-0.4, -0.2) is 4.57 Å². The van der Waals surface area contributed by atoms with Crippen molar-refractivity contribution in [2.24, 2.45) is 0 Å². The molecule has 2 heterocycles. The Balaban J connectivity index is 1.58. The number of allylic oxidation sites excluding steroid dienone is 1. The molecule has 0 aliphatic heterocycles. The zero-order chi connectivity index (χ0) is 22.8. The standard InChI is InChI=1S/C31H24N2O/c1-19-8-6-11-25-26-13-7-12-24(31(26)34-30(19)25)23-17-16-20(32)18-29(23)33-27-14-4-2-9-21(27)22-10-3-5-15-28(22)33/h2-7,9-19H,8,32H2,1H3. The maximum atomic E-state index is 6.57. The summed E-state index contributed by atoms with van der Waals surface area (Å²) in [5, 5.41) is 3.63. The number of nitrogens with two attached hydrogens (primary N) is 1. The van der Waals surface area contributed by atoms with Crippen LogP contribution in [0, 0.1) is 0 Å².